The van der Waals surface area contributed by atoms with Crippen LogP contribution in [0.5, 0.6) is 5.75 Å². The lowest BCUT2D eigenvalue weighted by Gasteiger charge is -2.02. The number of benzene rings is 1. The zero-order valence-corrected chi connectivity index (χ0v) is 7.13. The number of hydrogen-bond donors (Lipinski definition) is 1. The molecule has 4 heteroatoms. The molecule has 0 saturated carbocycles. The van der Waals surface area contributed by atoms with Gasteiger partial charge in [-0.3, -0.25) is 0 Å². The highest BCUT2D eigenvalue weighted by Crippen LogP contribution is 2.24. The van der Waals surface area contributed by atoms with Crippen molar-refractivity contribution < 1.29 is 14.6 Å². The second-order valence-corrected chi connectivity index (χ2v) is 2.56. The second kappa shape index (κ2) is 3.45. The van der Waals surface area contributed by atoms with Crippen molar-refractivity contribution >= 4 is 17.6 Å². The van der Waals surface area contributed by atoms with Gasteiger partial charge >= 0.3 is 5.97 Å². The van der Waals surface area contributed by atoms with Gasteiger partial charge in [-0.25, -0.2) is 4.79 Å². The molecule has 1 aromatic carbocycles. The maximum Gasteiger partial charge on any atom is 0.335 e. The number of rotatable bonds is 2. The van der Waals surface area contributed by atoms with Crippen LogP contribution in [0.1, 0.15) is 10.4 Å². The van der Waals surface area contributed by atoms with Crippen molar-refractivity contribution in [2.75, 3.05) is 7.11 Å². The van der Waals surface area contributed by atoms with Gasteiger partial charge in [-0.15, -0.1) is 0 Å². The fourth-order valence-corrected chi connectivity index (χ4v) is 0.988. The van der Waals surface area contributed by atoms with E-state index in [1.54, 1.807) is 0 Å². The molecule has 0 heterocycles. The van der Waals surface area contributed by atoms with Crippen LogP contribution in [0.3, 0.4) is 0 Å². The Labute approximate surface area is 74.5 Å². The van der Waals surface area contributed by atoms with Crippen molar-refractivity contribution in [2.45, 2.75) is 0 Å². The van der Waals surface area contributed by atoms with Gasteiger partial charge in [0.25, 0.3) is 0 Å². The Kier molecular flexibility index (Phi) is 2.55. The van der Waals surface area contributed by atoms with Crippen LogP contribution in [-0.2, 0) is 0 Å². The third-order valence-electron chi connectivity index (χ3n) is 1.40. The molecule has 0 atom stereocenters. The minimum absolute atomic E-state index is 0.163. The van der Waals surface area contributed by atoms with Gasteiger partial charge in [0.1, 0.15) is 5.75 Å². The van der Waals surface area contributed by atoms with Gasteiger partial charge in [0.15, 0.2) is 0 Å². The molecular formula is C8H7ClO3. The highest BCUT2D eigenvalue weighted by molar-refractivity contribution is 6.32. The van der Waals surface area contributed by atoms with Crippen LogP contribution < -0.4 is 4.74 Å². The van der Waals surface area contributed by atoms with Crippen molar-refractivity contribution in [1.29, 1.82) is 0 Å². The van der Waals surface area contributed by atoms with E-state index in [-0.39, 0.29) is 5.56 Å². The lowest BCUT2D eigenvalue weighted by atomic mass is 10.2. The number of hydrogen-bond acceptors (Lipinski definition) is 2. The largest absolute Gasteiger partial charge is 0.495 e. The molecule has 0 aromatic heterocycles. The SMILES string of the molecule is COc1cc(C(=O)O)ccc1Cl. The highest BCUT2D eigenvalue weighted by atomic mass is 35.5. The van der Waals surface area contributed by atoms with E-state index in [4.69, 9.17) is 21.4 Å². The number of methoxy groups -OCH3 is 1. The maximum atomic E-state index is 10.5. The van der Waals surface area contributed by atoms with E-state index in [1.165, 1.54) is 25.3 Å². The summed E-state index contributed by atoms with van der Waals surface area (Å²) in [6.07, 6.45) is 0. The van der Waals surface area contributed by atoms with Crippen molar-refractivity contribution in [3.63, 3.8) is 0 Å². The summed E-state index contributed by atoms with van der Waals surface area (Å²) in [6.45, 7) is 0. The summed E-state index contributed by atoms with van der Waals surface area (Å²) in [5.41, 5.74) is 0.163. The molecule has 0 radical (unpaired) electrons. The molecular weight excluding hydrogens is 180 g/mol. The standard InChI is InChI=1S/C8H7ClO3/c1-12-7-4-5(8(10)11)2-3-6(7)9/h2-4H,1H3,(H,10,11). The third-order valence-corrected chi connectivity index (χ3v) is 1.71. The molecule has 0 unspecified atom stereocenters. The predicted molar refractivity (Wildman–Crippen MR) is 45.0 cm³/mol. The normalized spacial score (nSPS) is 9.50. The lowest BCUT2D eigenvalue weighted by Crippen LogP contribution is -1.96. The van der Waals surface area contributed by atoms with Crippen molar-refractivity contribution in [1.82, 2.24) is 0 Å². The summed E-state index contributed by atoms with van der Waals surface area (Å²) in [5, 5.41) is 9.00. The Balaban J connectivity index is 3.13. The molecule has 1 rings (SSSR count). The average molecular weight is 187 g/mol. The quantitative estimate of drug-likeness (QED) is 0.769. The Morgan fingerprint density at radius 1 is 1.58 bits per heavy atom. The number of carboxylic acids is 1. The molecule has 0 fully saturated rings. The Morgan fingerprint density at radius 2 is 2.25 bits per heavy atom. The maximum absolute atomic E-state index is 10.5. The van der Waals surface area contributed by atoms with Crippen molar-refractivity contribution in [3.8, 4) is 5.75 Å². The molecule has 0 amide bonds. The fourth-order valence-electron chi connectivity index (χ4n) is 0.793. The zero-order chi connectivity index (χ0) is 9.14. The van der Waals surface area contributed by atoms with E-state index in [1.807, 2.05) is 0 Å². The van der Waals surface area contributed by atoms with Gasteiger partial charge in [-0.1, -0.05) is 11.6 Å². The minimum atomic E-state index is -0.995. The lowest BCUT2D eigenvalue weighted by molar-refractivity contribution is 0.0696. The molecule has 12 heavy (non-hydrogen) atoms. The van der Waals surface area contributed by atoms with Crippen molar-refractivity contribution in [2.24, 2.45) is 0 Å². The topological polar surface area (TPSA) is 46.5 Å². The first-order chi connectivity index (χ1) is 5.65. The summed E-state index contributed by atoms with van der Waals surface area (Å²) >= 11 is 5.68. The molecule has 64 valence electrons. The smallest absolute Gasteiger partial charge is 0.335 e. The van der Waals surface area contributed by atoms with E-state index >= 15 is 0 Å². The first-order valence-corrected chi connectivity index (χ1v) is 3.60. The Hall–Kier alpha value is -1.22. The second-order valence-electron chi connectivity index (χ2n) is 2.15. The van der Waals surface area contributed by atoms with E-state index in [2.05, 4.69) is 0 Å². The monoisotopic (exact) mass is 186 g/mol. The van der Waals surface area contributed by atoms with Gasteiger partial charge in [0.2, 0.25) is 0 Å². The van der Waals surface area contributed by atoms with E-state index < -0.39 is 5.97 Å². The summed E-state index contributed by atoms with van der Waals surface area (Å²) in [7, 11) is 1.44. The molecule has 3 nitrogen and oxygen atoms in total. The summed E-state index contributed by atoms with van der Waals surface area (Å²) in [4.78, 5) is 10.5. The molecule has 0 saturated heterocycles. The number of ether oxygens (including phenoxy) is 1. The van der Waals surface area contributed by atoms with Crippen LogP contribution in [0.2, 0.25) is 5.02 Å². The summed E-state index contributed by atoms with van der Waals surface area (Å²) < 4.78 is 4.84. The number of carbonyl (C=O) groups is 1. The molecule has 1 N–H and O–H groups in total. The molecule has 0 aliphatic carbocycles. The predicted octanol–water partition coefficient (Wildman–Crippen LogP) is 2.05. The van der Waals surface area contributed by atoms with Gasteiger partial charge in [0, 0.05) is 0 Å². The van der Waals surface area contributed by atoms with Gasteiger partial charge < -0.3 is 9.84 Å². The Morgan fingerprint density at radius 3 is 2.75 bits per heavy atom. The minimum Gasteiger partial charge on any atom is -0.495 e. The van der Waals surface area contributed by atoms with Gasteiger partial charge in [-0.05, 0) is 18.2 Å². The van der Waals surface area contributed by atoms with Crippen LogP contribution in [0.25, 0.3) is 0 Å². The Bertz CT molecular complexity index is 309. The molecule has 0 spiro atoms. The van der Waals surface area contributed by atoms with Crippen LogP contribution in [0, 0.1) is 0 Å². The van der Waals surface area contributed by atoms with E-state index in [0.29, 0.717) is 10.8 Å². The van der Waals surface area contributed by atoms with Gasteiger partial charge in [0.05, 0.1) is 17.7 Å². The van der Waals surface area contributed by atoms with Crippen LogP contribution in [0.15, 0.2) is 18.2 Å². The number of aromatic carboxylic acids is 1. The number of carboxylic acid groups (broad SMARTS) is 1. The molecule has 1 aromatic rings. The fraction of sp³-hybridized carbons (Fsp3) is 0.125. The van der Waals surface area contributed by atoms with E-state index in [0.717, 1.165) is 0 Å². The summed E-state index contributed by atoms with van der Waals surface area (Å²) in [6, 6.07) is 4.29. The third kappa shape index (κ3) is 1.68. The van der Waals surface area contributed by atoms with Crippen LogP contribution in [-0.4, -0.2) is 18.2 Å². The van der Waals surface area contributed by atoms with Crippen LogP contribution in [0.4, 0.5) is 0 Å². The zero-order valence-electron chi connectivity index (χ0n) is 6.37. The first-order valence-electron chi connectivity index (χ1n) is 3.22. The molecule has 0 aliphatic heterocycles. The average Bonchev–Trinajstić information content (AvgIpc) is 2.05. The van der Waals surface area contributed by atoms with Crippen LogP contribution >= 0.6 is 11.6 Å². The molecule has 0 bridgehead atoms. The van der Waals surface area contributed by atoms with E-state index in [9.17, 15) is 4.79 Å². The van der Waals surface area contributed by atoms with Crippen molar-refractivity contribution in [3.05, 3.63) is 28.8 Å². The highest BCUT2D eigenvalue weighted by Gasteiger charge is 2.06. The number of halogens is 1. The van der Waals surface area contributed by atoms with Gasteiger partial charge in [-0.2, -0.15) is 0 Å². The first kappa shape index (κ1) is 8.87. The molecule has 0 aliphatic rings. The summed E-state index contributed by atoms with van der Waals surface area (Å²) in [5.74, 6) is -0.624.